The van der Waals surface area contributed by atoms with Crippen LogP contribution in [0.3, 0.4) is 0 Å². The fourth-order valence-electron chi connectivity index (χ4n) is 4.51. The Hall–Kier alpha value is -3.95. The predicted octanol–water partition coefficient (Wildman–Crippen LogP) is 6.03. The number of aliphatic hydroxyl groups is 1. The van der Waals surface area contributed by atoms with Gasteiger partial charge in [-0.3, -0.25) is 0 Å². The summed E-state index contributed by atoms with van der Waals surface area (Å²) in [6.07, 6.45) is 1.77. The highest BCUT2D eigenvalue weighted by atomic mass is 32.2. The first-order chi connectivity index (χ1) is 18.7. The molecule has 0 aliphatic heterocycles. The molecule has 198 valence electrons. The maximum absolute atomic E-state index is 14.2. The van der Waals surface area contributed by atoms with Crippen LogP contribution in [0.1, 0.15) is 27.8 Å². The van der Waals surface area contributed by atoms with Crippen LogP contribution in [-0.4, -0.2) is 30.4 Å². The predicted molar refractivity (Wildman–Crippen MR) is 158 cm³/mol. The Morgan fingerprint density at radius 2 is 1.38 bits per heavy atom. The number of sulfonamides is 1. The monoisotopic (exact) mass is 535 g/mol. The third kappa shape index (κ3) is 6.55. The molecule has 1 N–H and O–H groups in total. The first-order valence-electron chi connectivity index (χ1n) is 12.8. The second-order valence-electron chi connectivity index (χ2n) is 9.63. The first kappa shape index (κ1) is 28.1. The molecule has 4 aromatic carbocycles. The minimum absolute atomic E-state index is 0.00490. The van der Waals surface area contributed by atoms with Crippen molar-refractivity contribution in [1.29, 1.82) is 0 Å². The van der Waals surface area contributed by atoms with Crippen LogP contribution >= 0.6 is 0 Å². The Bertz CT molecular complexity index is 1550. The molecule has 0 saturated heterocycles. The van der Waals surface area contributed by atoms with E-state index in [0.717, 1.165) is 22.3 Å². The standard InChI is InChI=1S/C34H33NO3S/c1-4-25-35(39(37,38)32-21-17-28(3)18-22-32)33(26-30-11-7-5-8-12-30)34(36,31-13-9-6-10-14-31)24-23-29-19-15-27(2)16-20-29/h4-22,33,36H,1,25-26H2,2-3H3. The lowest BCUT2D eigenvalue weighted by Crippen LogP contribution is -2.53. The lowest BCUT2D eigenvalue weighted by Gasteiger charge is -2.39. The molecule has 0 spiro atoms. The van der Waals surface area contributed by atoms with Gasteiger partial charge in [0.15, 0.2) is 5.60 Å². The maximum Gasteiger partial charge on any atom is 0.243 e. The average molecular weight is 536 g/mol. The highest BCUT2D eigenvalue weighted by molar-refractivity contribution is 7.89. The van der Waals surface area contributed by atoms with Crippen molar-refractivity contribution in [2.24, 2.45) is 0 Å². The zero-order chi connectivity index (χ0) is 27.9. The van der Waals surface area contributed by atoms with Crippen LogP contribution in [0.15, 0.2) is 127 Å². The van der Waals surface area contributed by atoms with Gasteiger partial charge in [0, 0.05) is 12.1 Å². The van der Waals surface area contributed by atoms with Crippen molar-refractivity contribution in [2.75, 3.05) is 6.54 Å². The molecule has 39 heavy (non-hydrogen) atoms. The number of rotatable bonds is 9. The van der Waals surface area contributed by atoms with Crippen molar-refractivity contribution >= 4 is 10.0 Å². The Balaban J connectivity index is 1.95. The smallest absolute Gasteiger partial charge is 0.243 e. The Labute approximate surface area is 232 Å². The lowest BCUT2D eigenvalue weighted by molar-refractivity contribution is 0.0265. The molecular formula is C34H33NO3S. The molecule has 4 nitrogen and oxygen atoms in total. The molecule has 0 aliphatic carbocycles. The van der Waals surface area contributed by atoms with Crippen molar-refractivity contribution in [3.63, 3.8) is 0 Å². The van der Waals surface area contributed by atoms with Gasteiger partial charge in [-0.1, -0.05) is 114 Å². The molecule has 0 radical (unpaired) electrons. The number of hydrogen-bond acceptors (Lipinski definition) is 3. The van der Waals surface area contributed by atoms with E-state index in [0.29, 0.717) is 5.56 Å². The van der Waals surface area contributed by atoms with Crippen molar-refractivity contribution in [1.82, 2.24) is 4.31 Å². The van der Waals surface area contributed by atoms with Gasteiger partial charge in [0.2, 0.25) is 10.0 Å². The van der Waals surface area contributed by atoms with E-state index in [4.69, 9.17) is 0 Å². The molecule has 0 bridgehead atoms. The molecule has 0 saturated carbocycles. The molecule has 0 fully saturated rings. The van der Waals surface area contributed by atoms with E-state index >= 15 is 0 Å². The maximum atomic E-state index is 14.2. The van der Waals surface area contributed by atoms with Gasteiger partial charge in [-0.05, 0) is 55.7 Å². The quantitative estimate of drug-likeness (QED) is 0.210. The van der Waals surface area contributed by atoms with Gasteiger partial charge < -0.3 is 5.11 Å². The summed E-state index contributed by atoms with van der Waals surface area (Å²) in [5.41, 5.74) is 2.32. The Morgan fingerprint density at radius 1 is 0.846 bits per heavy atom. The summed E-state index contributed by atoms with van der Waals surface area (Å²) >= 11 is 0. The number of benzene rings is 4. The van der Waals surface area contributed by atoms with Crippen LogP contribution in [0, 0.1) is 25.7 Å². The molecule has 0 heterocycles. The molecule has 0 aromatic heterocycles. The van der Waals surface area contributed by atoms with E-state index in [1.807, 2.05) is 86.6 Å². The summed E-state index contributed by atoms with van der Waals surface area (Å²) in [5, 5.41) is 12.6. The van der Waals surface area contributed by atoms with Gasteiger partial charge in [0.1, 0.15) is 0 Å². The zero-order valence-corrected chi connectivity index (χ0v) is 23.1. The second-order valence-corrected chi connectivity index (χ2v) is 11.5. The molecular weight excluding hydrogens is 502 g/mol. The minimum Gasteiger partial charge on any atom is -0.372 e. The van der Waals surface area contributed by atoms with E-state index < -0.39 is 21.7 Å². The van der Waals surface area contributed by atoms with Gasteiger partial charge >= 0.3 is 0 Å². The zero-order valence-electron chi connectivity index (χ0n) is 22.3. The molecule has 4 aromatic rings. The van der Waals surface area contributed by atoms with Gasteiger partial charge in [-0.25, -0.2) is 8.42 Å². The molecule has 2 atom stereocenters. The summed E-state index contributed by atoms with van der Waals surface area (Å²) in [5.74, 6) is 6.23. The highest BCUT2D eigenvalue weighted by Crippen LogP contribution is 2.34. The van der Waals surface area contributed by atoms with Crippen molar-refractivity contribution < 1.29 is 13.5 Å². The minimum atomic E-state index is -4.04. The number of nitrogens with zero attached hydrogens (tertiary/aromatic N) is 1. The van der Waals surface area contributed by atoms with Gasteiger partial charge in [0.25, 0.3) is 0 Å². The fourth-order valence-corrected chi connectivity index (χ4v) is 6.12. The van der Waals surface area contributed by atoms with E-state index in [9.17, 15) is 13.5 Å². The first-order valence-corrected chi connectivity index (χ1v) is 14.3. The third-order valence-corrected chi connectivity index (χ3v) is 8.59. The van der Waals surface area contributed by atoms with Crippen molar-refractivity contribution in [3.05, 3.63) is 150 Å². The summed E-state index contributed by atoms with van der Waals surface area (Å²) in [6.45, 7) is 7.74. The van der Waals surface area contributed by atoms with Gasteiger partial charge in [-0.15, -0.1) is 6.58 Å². The van der Waals surface area contributed by atoms with Crippen LogP contribution in [-0.2, 0) is 22.0 Å². The van der Waals surface area contributed by atoms with Crippen LogP contribution in [0.4, 0.5) is 0 Å². The highest BCUT2D eigenvalue weighted by Gasteiger charge is 2.45. The topological polar surface area (TPSA) is 57.6 Å². The van der Waals surface area contributed by atoms with Crippen LogP contribution < -0.4 is 0 Å². The van der Waals surface area contributed by atoms with E-state index in [1.54, 1.807) is 42.5 Å². The molecule has 0 aliphatic rings. The molecule has 0 amide bonds. The van der Waals surface area contributed by atoms with Crippen LogP contribution in [0.5, 0.6) is 0 Å². The largest absolute Gasteiger partial charge is 0.372 e. The normalized spacial score (nSPS) is 13.6. The second kappa shape index (κ2) is 12.3. The van der Waals surface area contributed by atoms with Crippen LogP contribution in [0.2, 0.25) is 0 Å². The summed E-state index contributed by atoms with van der Waals surface area (Å²) in [7, 11) is -4.04. The van der Waals surface area contributed by atoms with Gasteiger partial charge in [0.05, 0.1) is 10.9 Å². The average Bonchev–Trinajstić information content (AvgIpc) is 2.95. The van der Waals surface area contributed by atoms with Crippen molar-refractivity contribution in [3.8, 4) is 11.8 Å². The van der Waals surface area contributed by atoms with E-state index in [2.05, 4.69) is 18.4 Å². The summed E-state index contributed by atoms with van der Waals surface area (Å²) in [4.78, 5) is 0.148. The molecule has 2 unspecified atom stereocenters. The number of hydrogen-bond donors (Lipinski definition) is 1. The molecule has 4 rings (SSSR count). The molecule has 5 heteroatoms. The summed E-state index contributed by atoms with van der Waals surface area (Å²) < 4.78 is 29.7. The Kier molecular flexibility index (Phi) is 8.83. The van der Waals surface area contributed by atoms with Crippen LogP contribution in [0.25, 0.3) is 0 Å². The fraction of sp³-hybridized carbons (Fsp3) is 0.176. The Morgan fingerprint density at radius 3 is 1.95 bits per heavy atom. The van der Waals surface area contributed by atoms with E-state index in [-0.39, 0.29) is 17.9 Å². The summed E-state index contributed by atoms with van der Waals surface area (Å²) in [6, 6.07) is 32.1. The SMILES string of the molecule is C=CCN(C(Cc1ccccc1)C(O)(C#Cc1ccc(C)cc1)c1ccccc1)S(=O)(=O)c1ccc(C)cc1. The lowest BCUT2D eigenvalue weighted by atomic mass is 9.83. The van der Waals surface area contributed by atoms with Crippen molar-refractivity contribution in [2.45, 2.75) is 36.8 Å². The number of aryl methyl sites for hydroxylation is 2. The van der Waals surface area contributed by atoms with Gasteiger partial charge in [-0.2, -0.15) is 4.31 Å². The van der Waals surface area contributed by atoms with E-state index in [1.165, 1.54) is 4.31 Å². The third-order valence-electron chi connectivity index (χ3n) is 6.70.